The van der Waals surface area contributed by atoms with Crippen molar-refractivity contribution in [3.63, 3.8) is 0 Å². The summed E-state index contributed by atoms with van der Waals surface area (Å²) >= 11 is 1.48. The summed E-state index contributed by atoms with van der Waals surface area (Å²) in [7, 11) is -3.62. The number of amides is 1. The van der Waals surface area contributed by atoms with Crippen LogP contribution in [0.3, 0.4) is 0 Å². The van der Waals surface area contributed by atoms with Crippen molar-refractivity contribution < 1.29 is 13.2 Å². The number of sulfonamides is 1. The van der Waals surface area contributed by atoms with Crippen LogP contribution < -0.4 is 5.32 Å². The highest BCUT2D eigenvalue weighted by atomic mass is 32.2. The zero-order valence-corrected chi connectivity index (χ0v) is 25.7. The van der Waals surface area contributed by atoms with Gasteiger partial charge in [-0.2, -0.15) is 4.31 Å². The van der Waals surface area contributed by atoms with Gasteiger partial charge in [0, 0.05) is 29.1 Å². The van der Waals surface area contributed by atoms with Crippen molar-refractivity contribution in [2.75, 3.05) is 18.4 Å². The molecule has 0 aliphatic heterocycles. The first-order chi connectivity index (χ1) is 19.9. The van der Waals surface area contributed by atoms with Gasteiger partial charge in [0.1, 0.15) is 0 Å². The standard InChI is InChI=1S/C33H39N3O3S2/c1-4-7-23-36(24-8-5-2)41(38,39)29-21-19-28(20-22-29)32(37)35-33-34-31(30(40-33)12-6-3)27-17-15-26(16-18-27)25-13-10-9-11-14-25/h9-11,13-22H,4-8,12,23-24H2,1-3H3,(H,34,35,37). The maximum Gasteiger partial charge on any atom is 0.257 e. The van der Waals surface area contributed by atoms with Crippen LogP contribution in [-0.2, 0) is 16.4 Å². The highest BCUT2D eigenvalue weighted by molar-refractivity contribution is 7.89. The van der Waals surface area contributed by atoms with Crippen LogP contribution in [0.25, 0.3) is 22.4 Å². The van der Waals surface area contributed by atoms with Crippen molar-refractivity contribution in [3.05, 3.63) is 89.3 Å². The van der Waals surface area contributed by atoms with Crippen molar-refractivity contribution in [2.45, 2.75) is 64.2 Å². The molecule has 1 aromatic heterocycles. The Morgan fingerprint density at radius 3 is 1.95 bits per heavy atom. The number of hydrogen-bond donors (Lipinski definition) is 1. The fourth-order valence-corrected chi connectivity index (χ4v) is 7.19. The van der Waals surface area contributed by atoms with Crippen LogP contribution in [0.2, 0.25) is 0 Å². The van der Waals surface area contributed by atoms with Crippen LogP contribution in [-0.4, -0.2) is 36.7 Å². The molecule has 8 heteroatoms. The molecule has 0 bridgehead atoms. The molecule has 0 spiro atoms. The first-order valence-electron chi connectivity index (χ1n) is 14.4. The van der Waals surface area contributed by atoms with Crippen molar-refractivity contribution in [1.29, 1.82) is 0 Å². The lowest BCUT2D eigenvalue weighted by molar-refractivity contribution is 0.102. The van der Waals surface area contributed by atoms with Crippen molar-refractivity contribution in [3.8, 4) is 22.4 Å². The fourth-order valence-electron chi connectivity index (χ4n) is 4.60. The van der Waals surface area contributed by atoms with Gasteiger partial charge in [0.05, 0.1) is 10.6 Å². The molecule has 1 amide bonds. The number of carbonyl (C=O) groups is 1. The highest BCUT2D eigenvalue weighted by Crippen LogP contribution is 2.33. The van der Waals surface area contributed by atoms with E-state index in [9.17, 15) is 13.2 Å². The summed E-state index contributed by atoms with van der Waals surface area (Å²) in [5, 5.41) is 3.46. The van der Waals surface area contributed by atoms with E-state index in [0.717, 1.165) is 65.8 Å². The first-order valence-corrected chi connectivity index (χ1v) is 16.7. The molecule has 0 saturated heterocycles. The smallest absolute Gasteiger partial charge is 0.257 e. The second-order valence-electron chi connectivity index (χ2n) is 10.1. The van der Waals surface area contributed by atoms with Crippen LogP contribution in [0.15, 0.2) is 83.8 Å². The van der Waals surface area contributed by atoms with Gasteiger partial charge in [-0.25, -0.2) is 13.4 Å². The molecule has 0 aliphatic carbocycles. The fraction of sp³-hybridized carbons (Fsp3) is 0.333. The zero-order valence-electron chi connectivity index (χ0n) is 24.1. The summed E-state index contributed by atoms with van der Waals surface area (Å²) in [5.74, 6) is -0.314. The average Bonchev–Trinajstić information content (AvgIpc) is 3.39. The highest BCUT2D eigenvalue weighted by Gasteiger charge is 2.24. The minimum absolute atomic E-state index is 0.210. The molecule has 0 aliphatic rings. The molecule has 41 heavy (non-hydrogen) atoms. The summed E-state index contributed by atoms with van der Waals surface area (Å²) in [6.45, 7) is 7.24. The third-order valence-electron chi connectivity index (χ3n) is 6.94. The van der Waals surface area contributed by atoms with Gasteiger partial charge >= 0.3 is 0 Å². The number of aromatic nitrogens is 1. The van der Waals surface area contributed by atoms with Crippen LogP contribution in [0.5, 0.6) is 0 Å². The zero-order chi connectivity index (χ0) is 29.2. The molecular weight excluding hydrogens is 551 g/mol. The van der Waals surface area contributed by atoms with Gasteiger partial charge in [-0.1, -0.05) is 94.6 Å². The summed E-state index contributed by atoms with van der Waals surface area (Å²) in [6.07, 6.45) is 5.31. The van der Waals surface area contributed by atoms with Crippen molar-refractivity contribution >= 4 is 32.4 Å². The maximum absolute atomic E-state index is 13.3. The Morgan fingerprint density at radius 1 is 0.780 bits per heavy atom. The summed E-state index contributed by atoms with van der Waals surface area (Å²) in [4.78, 5) is 19.2. The first kappa shape index (κ1) is 30.6. The Bertz CT molecular complexity index is 1510. The molecule has 216 valence electrons. The lowest BCUT2D eigenvalue weighted by Crippen LogP contribution is -2.33. The number of carbonyl (C=O) groups excluding carboxylic acids is 1. The minimum atomic E-state index is -3.62. The number of rotatable bonds is 14. The number of nitrogens with zero attached hydrogens (tertiary/aromatic N) is 2. The molecule has 0 radical (unpaired) electrons. The lowest BCUT2D eigenvalue weighted by atomic mass is 10.0. The Balaban J connectivity index is 1.50. The summed E-state index contributed by atoms with van der Waals surface area (Å²) in [6, 6.07) is 24.8. The van der Waals surface area contributed by atoms with E-state index in [1.807, 2.05) is 18.2 Å². The van der Waals surface area contributed by atoms with Gasteiger partial charge < -0.3 is 0 Å². The molecular formula is C33H39N3O3S2. The molecule has 6 nitrogen and oxygen atoms in total. The largest absolute Gasteiger partial charge is 0.298 e. The quantitative estimate of drug-likeness (QED) is 0.161. The van der Waals surface area contributed by atoms with Crippen LogP contribution in [0.4, 0.5) is 5.13 Å². The summed E-state index contributed by atoms with van der Waals surface area (Å²) < 4.78 is 28.1. The van der Waals surface area contributed by atoms with E-state index in [-0.39, 0.29) is 10.8 Å². The monoisotopic (exact) mass is 589 g/mol. The van der Waals surface area contributed by atoms with Gasteiger partial charge in [-0.3, -0.25) is 10.1 Å². The molecule has 0 unspecified atom stereocenters. The average molecular weight is 590 g/mol. The molecule has 4 aromatic rings. The lowest BCUT2D eigenvalue weighted by Gasteiger charge is -2.22. The van der Waals surface area contributed by atoms with E-state index in [2.05, 4.69) is 62.5 Å². The number of benzene rings is 3. The normalized spacial score (nSPS) is 11.6. The number of hydrogen-bond acceptors (Lipinski definition) is 5. The number of nitrogens with one attached hydrogen (secondary N) is 1. The third-order valence-corrected chi connectivity index (χ3v) is 9.88. The van der Waals surface area contributed by atoms with Gasteiger partial charge in [-0.05, 0) is 54.7 Å². The minimum Gasteiger partial charge on any atom is -0.298 e. The SMILES string of the molecule is CCCCN(CCCC)S(=O)(=O)c1ccc(C(=O)Nc2nc(-c3ccc(-c4ccccc4)cc3)c(CCC)s2)cc1. The van der Waals surface area contributed by atoms with E-state index in [1.54, 1.807) is 16.4 Å². The van der Waals surface area contributed by atoms with Crippen molar-refractivity contribution in [1.82, 2.24) is 9.29 Å². The maximum atomic E-state index is 13.3. The van der Waals surface area contributed by atoms with Gasteiger partial charge in [0.15, 0.2) is 5.13 Å². The molecule has 0 fully saturated rings. The topological polar surface area (TPSA) is 79.4 Å². The van der Waals surface area contributed by atoms with Crippen LogP contribution in [0.1, 0.15) is 68.1 Å². The number of anilines is 1. The molecule has 4 rings (SSSR count). The Hall–Kier alpha value is -3.33. The third kappa shape index (κ3) is 7.70. The molecule has 3 aromatic carbocycles. The van der Waals surface area contributed by atoms with E-state index in [1.165, 1.54) is 23.5 Å². The molecule has 1 N–H and O–H groups in total. The predicted octanol–water partition coefficient (Wildman–Crippen LogP) is 8.27. The number of unbranched alkanes of at least 4 members (excludes halogenated alkanes) is 2. The van der Waals surface area contributed by atoms with E-state index in [4.69, 9.17) is 4.98 Å². The van der Waals surface area contributed by atoms with Crippen LogP contribution >= 0.6 is 11.3 Å². The predicted molar refractivity (Wildman–Crippen MR) is 170 cm³/mol. The van der Waals surface area contributed by atoms with Gasteiger partial charge in [0.25, 0.3) is 5.91 Å². The van der Waals surface area contributed by atoms with E-state index in [0.29, 0.717) is 23.8 Å². The molecule has 0 saturated carbocycles. The molecule has 1 heterocycles. The second-order valence-corrected chi connectivity index (χ2v) is 13.1. The second kappa shape index (κ2) is 14.5. The van der Waals surface area contributed by atoms with E-state index < -0.39 is 10.0 Å². The van der Waals surface area contributed by atoms with Gasteiger partial charge in [-0.15, -0.1) is 11.3 Å². The van der Waals surface area contributed by atoms with E-state index >= 15 is 0 Å². The molecule has 0 atom stereocenters. The number of thiazole rings is 1. The van der Waals surface area contributed by atoms with Crippen LogP contribution in [0, 0.1) is 0 Å². The Kier molecular flexibility index (Phi) is 10.9. The Morgan fingerprint density at radius 2 is 1.37 bits per heavy atom. The summed E-state index contributed by atoms with van der Waals surface area (Å²) in [5.41, 5.74) is 4.58. The van der Waals surface area contributed by atoms with Crippen molar-refractivity contribution in [2.24, 2.45) is 0 Å². The number of aryl methyl sites for hydroxylation is 1. The Labute approximate surface area is 248 Å². The van der Waals surface area contributed by atoms with Gasteiger partial charge in [0.2, 0.25) is 10.0 Å².